The summed E-state index contributed by atoms with van der Waals surface area (Å²) in [6.45, 7) is 2.01. The van der Waals surface area contributed by atoms with Crippen LogP contribution in [-0.2, 0) is 9.53 Å². The molecular formula is C13H17NO3. The van der Waals surface area contributed by atoms with Crippen LogP contribution in [0.15, 0.2) is 24.4 Å². The highest BCUT2D eigenvalue weighted by atomic mass is 16.5. The number of pyridine rings is 1. The van der Waals surface area contributed by atoms with Crippen LogP contribution >= 0.6 is 0 Å². The number of rotatable bonds is 6. The minimum Gasteiger partial charge on any atom is -0.468 e. The van der Waals surface area contributed by atoms with Crippen LogP contribution in [0.5, 0.6) is 0 Å². The summed E-state index contributed by atoms with van der Waals surface area (Å²) < 4.78 is 4.66. The first-order chi connectivity index (χ1) is 8.20. The molecule has 1 heterocycles. The van der Waals surface area contributed by atoms with Crippen molar-refractivity contribution in [3.8, 4) is 0 Å². The molecule has 0 amide bonds. The number of ketones is 1. The summed E-state index contributed by atoms with van der Waals surface area (Å²) in [6.07, 6.45) is 3.81. The lowest BCUT2D eigenvalue weighted by molar-refractivity contribution is -0.143. The van der Waals surface area contributed by atoms with E-state index in [1.54, 1.807) is 24.4 Å². The number of nitrogens with zero attached hydrogens (tertiary/aromatic N) is 1. The number of hydrogen-bond donors (Lipinski definition) is 0. The van der Waals surface area contributed by atoms with Crippen molar-refractivity contribution < 1.29 is 14.3 Å². The van der Waals surface area contributed by atoms with Gasteiger partial charge in [-0.1, -0.05) is 25.8 Å². The van der Waals surface area contributed by atoms with Gasteiger partial charge in [-0.05, 0) is 18.6 Å². The molecule has 92 valence electrons. The van der Waals surface area contributed by atoms with Gasteiger partial charge >= 0.3 is 5.97 Å². The van der Waals surface area contributed by atoms with Crippen LogP contribution in [0.1, 0.15) is 36.7 Å². The maximum Gasteiger partial charge on any atom is 0.316 e. The Kier molecular flexibility index (Phi) is 5.33. The molecule has 1 rings (SSSR count). The smallest absolute Gasteiger partial charge is 0.316 e. The average molecular weight is 235 g/mol. The number of esters is 1. The van der Waals surface area contributed by atoms with Crippen LogP contribution in [0.2, 0.25) is 0 Å². The minimum atomic E-state index is -0.727. The van der Waals surface area contributed by atoms with Crippen molar-refractivity contribution in [3.05, 3.63) is 30.1 Å². The molecule has 0 spiro atoms. The molecule has 0 radical (unpaired) electrons. The molecule has 0 saturated heterocycles. The Morgan fingerprint density at radius 1 is 1.41 bits per heavy atom. The quantitative estimate of drug-likeness (QED) is 0.431. The van der Waals surface area contributed by atoms with E-state index in [1.165, 1.54) is 7.11 Å². The van der Waals surface area contributed by atoms with Gasteiger partial charge < -0.3 is 4.74 Å². The number of carbonyl (C=O) groups is 2. The molecule has 1 atom stereocenters. The van der Waals surface area contributed by atoms with Crippen molar-refractivity contribution in [3.63, 3.8) is 0 Å². The number of carbonyl (C=O) groups excluding carboxylic acids is 2. The number of methoxy groups -OCH3 is 1. The van der Waals surface area contributed by atoms with E-state index >= 15 is 0 Å². The van der Waals surface area contributed by atoms with Gasteiger partial charge in [-0.25, -0.2) is 0 Å². The molecule has 4 heteroatoms. The fourth-order valence-electron chi connectivity index (χ4n) is 1.59. The molecule has 0 saturated carbocycles. The van der Waals surface area contributed by atoms with E-state index in [2.05, 4.69) is 9.72 Å². The normalized spacial score (nSPS) is 11.9. The fourth-order valence-corrected chi connectivity index (χ4v) is 1.59. The summed E-state index contributed by atoms with van der Waals surface area (Å²) in [5.74, 6) is -1.46. The van der Waals surface area contributed by atoms with Gasteiger partial charge in [0.2, 0.25) is 0 Å². The van der Waals surface area contributed by atoms with Crippen molar-refractivity contribution >= 4 is 11.8 Å². The van der Waals surface area contributed by atoms with Crippen LogP contribution in [0, 0.1) is 5.92 Å². The summed E-state index contributed by atoms with van der Waals surface area (Å²) in [6, 6.07) is 5.08. The van der Waals surface area contributed by atoms with E-state index in [9.17, 15) is 9.59 Å². The monoisotopic (exact) mass is 235 g/mol. The molecule has 0 aliphatic heterocycles. The third-order valence-electron chi connectivity index (χ3n) is 2.57. The second-order valence-electron chi connectivity index (χ2n) is 3.80. The van der Waals surface area contributed by atoms with Crippen LogP contribution in [0.3, 0.4) is 0 Å². The van der Waals surface area contributed by atoms with Gasteiger partial charge in [-0.2, -0.15) is 0 Å². The zero-order valence-corrected chi connectivity index (χ0v) is 10.2. The Labute approximate surface area is 101 Å². The molecule has 0 bridgehead atoms. The molecule has 0 fully saturated rings. The van der Waals surface area contributed by atoms with Crippen molar-refractivity contribution in [1.29, 1.82) is 0 Å². The van der Waals surface area contributed by atoms with Crippen molar-refractivity contribution in [2.24, 2.45) is 5.92 Å². The molecular weight excluding hydrogens is 218 g/mol. The first kappa shape index (κ1) is 13.4. The Morgan fingerprint density at radius 3 is 2.71 bits per heavy atom. The van der Waals surface area contributed by atoms with E-state index in [1.807, 2.05) is 6.92 Å². The third-order valence-corrected chi connectivity index (χ3v) is 2.57. The lowest BCUT2D eigenvalue weighted by Gasteiger charge is -2.12. The lowest BCUT2D eigenvalue weighted by Crippen LogP contribution is -2.26. The highest BCUT2D eigenvalue weighted by Gasteiger charge is 2.28. The highest BCUT2D eigenvalue weighted by Crippen LogP contribution is 2.15. The van der Waals surface area contributed by atoms with Gasteiger partial charge in [0, 0.05) is 6.20 Å². The predicted molar refractivity (Wildman–Crippen MR) is 63.6 cm³/mol. The van der Waals surface area contributed by atoms with Crippen LogP contribution in [0.4, 0.5) is 0 Å². The van der Waals surface area contributed by atoms with Crippen LogP contribution in [0.25, 0.3) is 0 Å². The van der Waals surface area contributed by atoms with Crippen LogP contribution < -0.4 is 0 Å². The molecule has 1 aromatic heterocycles. The van der Waals surface area contributed by atoms with Crippen LogP contribution in [-0.4, -0.2) is 23.8 Å². The number of unbranched alkanes of at least 4 members (excludes halogenated alkanes) is 1. The second kappa shape index (κ2) is 6.78. The SMILES string of the molecule is CCCCC(C(=O)OC)C(=O)c1ccccn1. The minimum absolute atomic E-state index is 0.258. The van der Waals surface area contributed by atoms with Gasteiger partial charge in [0.25, 0.3) is 0 Å². The first-order valence-corrected chi connectivity index (χ1v) is 5.73. The summed E-state index contributed by atoms with van der Waals surface area (Å²) in [5.41, 5.74) is 0.319. The van der Waals surface area contributed by atoms with Gasteiger partial charge in [0.05, 0.1) is 7.11 Å². The van der Waals surface area contributed by atoms with E-state index in [0.29, 0.717) is 12.1 Å². The molecule has 17 heavy (non-hydrogen) atoms. The van der Waals surface area contributed by atoms with Crippen molar-refractivity contribution in [1.82, 2.24) is 4.98 Å². The van der Waals surface area contributed by atoms with E-state index in [-0.39, 0.29) is 5.78 Å². The lowest BCUT2D eigenvalue weighted by atomic mass is 9.95. The topological polar surface area (TPSA) is 56.3 Å². The van der Waals surface area contributed by atoms with Gasteiger partial charge in [0.15, 0.2) is 5.78 Å². The Hall–Kier alpha value is -1.71. The van der Waals surface area contributed by atoms with Gasteiger partial charge in [0.1, 0.15) is 11.6 Å². The fraction of sp³-hybridized carbons (Fsp3) is 0.462. The molecule has 0 aromatic carbocycles. The Bertz CT molecular complexity index is 376. The second-order valence-corrected chi connectivity index (χ2v) is 3.80. The number of Topliss-reactive ketones (excluding diaryl/α,β-unsaturated/α-hetero) is 1. The average Bonchev–Trinajstić information content (AvgIpc) is 2.39. The summed E-state index contributed by atoms with van der Waals surface area (Å²) >= 11 is 0. The largest absolute Gasteiger partial charge is 0.468 e. The molecule has 1 unspecified atom stereocenters. The van der Waals surface area contributed by atoms with E-state index in [0.717, 1.165) is 12.8 Å². The molecule has 1 aromatic rings. The van der Waals surface area contributed by atoms with Gasteiger partial charge in [-0.3, -0.25) is 14.6 Å². The van der Waals surface area contributed by atoms with E-state index < -0.39 is 11.9 Å². The standard InChI is InChI=1S/C13H17NO3/c1-3-4-7-10(13(16)17-2)12(15)11-8-5-6-9-14-11/h5-6,8-10H,3-4,7H2,1-2H3. The highest BCUT2D eigenvalue weighted by molar-refractivity contribution is 6.07. The molecule has 0 aliphatic carbocycles. The predicted octanol–water partition coefficient (Wildman–Crippen LogP) is 2.24. The third kappa shape index (κ3) is 3.66. The summed E-state index contributed by atoms with van der Waals surface area (Å²) in [7, 11) is 1.30. The Balaban J connectivity index is 2.83. The first-order valence-electron chi connectivity index (χ1n) is 5.73. The van der Waals surface area contributed by atoms with Crippen molar-refractivity contribution in [2.75, 3.05) is 7.11 Å². The van der Waals surface area contributed by atoms with Crippen molar-refractivity contribution in [2.45, 2.75) is 26.2 Å². The number of ether oxygens (including phenoxy) is 1. The number of aromatic nitrogens is 1. The molecule has 4 nitrogen and oxygen atoms in total. The summed E-state index contributed by atoms with van der Waals surface area (Å²) in [5, 5.41) is 0. The zero-order chi connectivity index (χ0) is 12.7. The number of hydrogen-bond acceptors (Lipinski definition) is 4. The Morgan fingerprint density at radius 2 is 2.18 bits per heavy atom. The zero-order valence-electron chi connectivity index (χ0n) is 10.2. The van der Waals surface area contributed by atoms with E-state index in [4.69, 9.17) is 0 Å². The summed E-state index contributed by atoms with van der Waals surface area (Å²) in [4.78, 5) is 27.6. The maximum atomic E-state index is 12.1. The molecule has 0 aliphatic rings. The maximum absolute atomic E-state index is 12.1. The molecule has 0 N–H and O–H groups in total. The van der Waals surface area contributed by atoms with Gasteiger partial charge in [-0.15, -0.1) is 0 Å².